The van der Waals surface area contributed by atoms with E-state index in [1.54, 1.807) is 29.2 Å². The van der Waals surface area contributed by atoms with Crippen molar-refractivity contribution < 1.29 is 17.9 Å². The molecule has 1 aromatic rings. The molecule has 8 heteroatoms. The van der Waals surface area contributed by atoms with Gasteiger partial charge in [0.2, 0.25) is 5.91 Å². The van der Waals surface area contributed by atoms with Crippen molar-refractivity contribution >= 4 is 21.8 Å². The molecule has 1 N–H and O–H groups in total. The molecule has 2 heterocycles. The fourth-order valence-corrected chi connectivity index (χ4v) is 4.31. The number of fused-ring (bicyclic) bond motifs is 1. The number of amidine groups is 1. The van der Waals surface area contributed by atoms with Crippen LogP contribution in [-0.4, -0.2) is 56.9 Å². The largest absolute Gasteiger partial charge is 0.372 e. The number of nitrogens with one attached hydrogen (secondary N) is 1. The Balaban J connectivity index is 1.64. The molecular weight excluding hydrogens is 330 g/mol. The number of rotatable bonds is 3. The quantitative estimate of drug-likeness (QED) is 0.870. The van der Waals surface area contributed by atoms with Gasteiger partial charge in [-0.15, -0.1) is 0 Å². The van der Waals surface area contributed by atoms with E-state index in [1.165, 1.54) is 0 Å². The minimum Gasteiger partial charge on any atom is -0.372 e. The Morgan fingerprint density at radius 1 is 1.29 bits per heavy atom. The average Bonchev–Trinajstić information content (AvgIpc) is 2.78. The molecule has 0 spiro atoms. The first-order valence-corrected chi connectivity index (χ1v) is 9.45. The molecular formula is C16H21N3O4S. The van der Waals surface area contributed by atoms with Crippen LogP contribution in [0, 0.1) is 0 Å². The molecule has 1 fully saturated rings. The number of benzene rings is 1. The van der Waals surface area contributed by atoms with Crippen LogP contribution in [0.3, 0.4) is 0 Å². The van der Waals surface area contributed by atoms with Crippen LogP contribution >= 0.6 is 0 Å². The van der Waals surface area contributed by atoms with Gasteiger partial charge in [0.25, 0.3) is 10.0 Å². The van der Waals surface area contributed by atoms with Crippen molar-refractivity contribution in [2.75, 3.05) is 19.6 Å². The number of sulfonamides is 1. The van der Waals surface area contributed by atoms with Gasteiger partial charge in [-0.2, -0.15) is 0 Å². The minimum absolute atomic E-state index is 0.00971. The van der Waals surface area contributed by atoms with E-state index in [2.05, 4.69) is 9.71 Å². The summed E-state index contributed by atoms with van der Waals surface area (Å²) >= 11 is 0. The van der Waals surface area contributed by atoms with Gasteiger partial charge in [0.15, 0.2) is 0 Å². The summed E-state index contributed by atoms with van der Waals surface area (Å²) in [4.78, 5) is 18.6. The third kappa shape index (κ3) is 3.44. The molecule has 0 aliphatic carbocycles. The third-order valence-electron chi connectivity index (χ3n) is 4.03. The topological polar surface area (TPSA) is 88.1 Å². The zero-order valence-electron chi connectivity index (χ0n) is 13.7. The number of carbonyl (C=O) groups is 1. The van der Waals surface area contributed by atoms with Gasteiger partial charge in [-0.3, -0.25) is 14.5 Å². The molecule has 1 saturated heterocycles. The Morgan fingerprint density at radius 3 is 2.67 bits per heavy atom. The number of carbonyl (C=O) groups excluding carboxylic acids is 1. The number of morpholine rings is 1. The maximum atomic E-state index is 12.3. The number of ether oxygens (including phenoxy) is 1. The summed E-state index contributed by atoms with van der Waals surface area (Å²) in [6, 6.07) is 6.69. The molecule has 2 atom stereocenters. The lowest BCUT2D eigenvalue weighted by Crippen LogP contribution is -2.48. The van der Waals surface area contributed by atoms with Crippen LogP contribution in [0.2, 0.25) is 0 Å². The normalized spacial score (nSPS) is 26.9. The highest BCUT2D eigenvalue weighted by molar-refractivity contribution is 7.90. The summed E-state index contributed by atoms with van der Waals surface area (Å²) in [5.74, 6) is 0.317. The Kier molecular flexibility index (Phi) is 4.60. The van der Waals surface area contributed by atoms with Crippen LogP contribution < -0.4 is 4.72 Å². The predicted molar refractivity (Wildman–Crippen MR) is 89.4 cm³/mol. The monoisotopic (exact) mass is 351 g/mol. The Bertz CT molecular complexity index is 765. The first-order chi connectivity index (χ1) is 11.4. The van der Waals surface area contributed by atoms with Crippen molar-refractivity contribution in [2.45, 2.75) is 37.4 Å². The highest BCUT2D eigenvalue weighted by Crippen LogP contribution is 2.22. The van der Waals surface area contributed by atoms with Crippen molar-refractivity contribution in [3.63, 3.8) is 0 Å². The highest BCUT2D eigenvalue weighted by Gasteiger charge is 2.30. The summed E-state index contributed by atoms with van der Waals surface area (Å²) in [5, 5.41) is 0. The van der Waals surface area contributed by atoms with Crippen molar-refractivity contribution in [1.82, 2.24) is 9.62 Å². The lowest BCUT2D eigenvalue weighted by Gasteiger charge is -2.35. The molecule has 3 rings (SSSR count). The van der Waals surface area contributed by atoms with E-state index in [0.29, 0.717) is 24.5 Å². The summed E-state index contributed by atoms with van der Waals surface area (Å²) in [6.45, 7) is 5.29. The summed E-state index contributed by atoms with van der Waals surface area (Å²) < 4.78 is 32.1. The van der Waals surface area contributed by atoms with E-state index < -0.39 is 10.0 Å². The fourth-order valence-electron chi connectivity index (χ4n) is 3.05. The molecule has 7 nitrogen and oxygen atoms in total. The van der Waals surface area contributed by atoms with E-state index in [4.69, 9.17) is 4.74 Å². The van der Waals surface area contributed by atoms with E-state index in [1.807, 2.05) is 13.8 Å². The van der Waals surface area contributed by atoms with Crippen LogP contribution in [0.4, 0.5) is 0 Å². The molecule has 1 aromatic carbocycles. The number of aliphatic imine (C=N–C) groups is 1. The summed E-state index contributed by atoms with van der Waals surface area (Å²) in [7, 11) is -3.53. The van der Waals surface area contributed by atoms with Gasteiger partial charge in [-0.25, -0.2) is 8.42 Å². The molecule has 2 unspecified atom stereocenters. The molecule has 0 aromatic heterocycles. The van der Waals surface area contributed by atoms with Crippen molar-refractivity contribution in [2.24, 2.45) is 4.99 Å². The Labute approximate surface area is 141 Å². The fraction of sp³-hybridized carbons (Fsp3) is 0.500. The average molecular weight is 351 g/mol. The Morgan fingerprint density at radius 2 is 1.96 bits per heavy atom. The zero-order chi connectivity index (χ0) is 17.3. The first-order valence-electron chi connectivity index (χ1n) is 7.97. The molecule has 1 amide bonds. The number of nitrogens with zero attached hydrogens (tertiary/aromatic N) is 2. The van der Waals surface area contributed by atoms with E-state index >= 15 is 0 Å². The van der Waals surface area contributed by atoms with E-state index in [9.17, 15) is 13.2 Å². The lowest BCUT2D eigenvalue weighted by molar-refractivity contribution is -0.142. The smallest absolute Gasteiger partial charge is 0.263 e. The van der Waals surface area contributed by atoms with Crippen LogP contribution in [0.15, 0.2) is 34.2 Å². The van der Waals surface area contributed by atoms with Gasteiger partial charge in [-0.1, -0.05) is 12.1 Å². The maximum Gasteiger partial charge on any atom is 0.263 e. The highest BCUT2D eigenvalue weighted by atomic mass is 32.2. The molecule has 0 bridgehead atoms. The van der Waals surface area contributed by atoms with Gasteiger partial charge in [0, 0.05) is 25.1 Å². The molecule has 2 aliphatic rings. The second-order valence-electron chi connectivity index (χ2n) is 6.14. The van der Waals surface area contributed by atoms with E-state index in [-0.39, 0.29) is 36.0 Å². The van der Waals surface area contributed by atoms with Gasteiger partial charge in [0.1, 0.15) is 5.84 Å². The number of hydrogen-bond donors (Lipinski definition) is 1. The van der Waals surface area contributed by atoms with Gasteiger partial charge >= 0.3 is 0 Å². The third-order valence-corrected chi connectivity index (χ3v) is 5.43. The first kappa shape index (κ1) is 16.9. The Hall–Kier alpha value is -1.93. The van der Waals surface area contributed by atoms with Crippen LogP contribution in [-0.2, 0) is 19.6 Å². The van der Waals surface area contributed by atoms with E-state index in [0.717, 1.165) is 0 Å². The van der Waals surface area contributed by atoms with Crippen molar-refractivity contribution in [1.29, 1.82) is 0 Å². The van der Waals surface area contributed by atoms with Gasteiger partial charge < -0.3 is 9.64 Å². The van der Waals surface area contributed by atoms with Crippen LogP contribution in [0.25, 0.3) is 0 Å². The van der Waals surface area contributed by atoms with Crippen LogP contribution in [0.1, 0.15) is 25.8 Å². The van der Waals surface area contributed by atoms with Crippen LogP contribution in [0.5, 0.6) is 0 Å². The molecule has 0 saturated carbocycles. The molecule has 24 heavy (non-hydrogen) atoms. The summed E-state index contributed by atoms with van der Waals surface area (Å²) in [6.07, 6.45) is 0.294. The predicted octanol–water partition coefficient (Wildman–Crippen LogP) is 0.751. The minimum atomic E-state index is -3.53. The number of hydrogen-bond acceptors (Lipinski definition) is 5. The molecule has 130 valence electrons. The zero-order valence-corrected chi connectivity index (χ0v) is 14.5. The second-order valence-corrected chi connectivity index (χ2v) is 7.79. The summed E-state index contributed by atoms with van der Waals surface area (Å²) in [5.41, 5.74) is 0.554. The van der Waals surface area contributed by atoms with Crippen molar-refractivity contribution in [3.05, 3.63) is 29.8 Å². The number of amides is 1. The molecule has 0 radical (unpaired) electrons. The van der Waals surface area contributed by atoms with Crippen molar-refractivity contribution in [3.8, 4) is 0 Å². The van der Waals surface area contributed by atoms with Gasteiger partial charge in [-0.05, 0) is 26.0 Å². The SMILES string of the molecule is CC1CN(C(=O)CCN=C2NS(=O)(=O)c3ccccc32)CC(C)O1. The maximum absolute atomic E-state index is 12.3. The second kappa shape index (κ2) is 6.52. The van der Waals surface area contributed by atoms with Gasteiger partial charge in [0.05, 0.1) is 23.6 Å². The lowest BCUT2D eigenvalue weighted by atomic mass is 10.2. The standard InChI is InChI=1S/C16H21N3O4S/c1-11-9-19(10-12(2)23-11)15(20)7-8-17-16-13-5-3-4-6-14(13)24(21,22)18-16/h3-6,11-12H,7-10H2,1-2H3,(H,17,18). The molecule has 2 aliphatic heterocycles.